The van der Waals surface area contributed by atoms with Crippen LogP contribution >= 0.6 is 15.9 Å². The van der Waals surface area contributed by atoms with Crippen molar-refractivity contribution in [2.75, 3.05) is 13.1 Å². The largest absolute Gasteiger partial charge is 0.382 e. The Morgan fingerprint density at radius 1 is 1.46 bits per heavy atom. The lowest BCUT2D eigenvalue weighted by Gasteiger charge is -2.05. The minimum atomic E-state index is -0.327. The van der Waals surface area contributed by atoms with E-state index in [1.165, 1.54) is 0 Å². The fraction of sp³-hybridized carbons (Fsp3) is 0.333. The van der Waals surface area contributed by atoms with Crippen molar-refractivity contribution in [1.82, 2.24) is 0 Å². The molecule has 0 radical (unpaired) electrons. The molecule has 1 aromatic rings. The molecule has 1 atom stereocenters. The van der Waals surface area contributed by atoms with Crippen LogP contribution in [0, 0.1) is 0 Å². The zero-order valence-electron chi connectivity index (χ0n) is 7.41. The van der Waals surface area contributed by atoms with Crippen LogP contribution in [-0.4, -0.2) is 24.3 Å². The van der Waals surface area contributed by atoms with Gasteiger partial charge in [-0.05, 0) is 22.0 Å². The van der Waals surface area contributed by atoms with Crippen molar-refractivity contribution in [3.05, 3.63) is 28.7 Å². The molecular formula is C9H15BrN2O+2. The number of hydrogen-bond donors (Lipinski definition) is 3. The molecule has 13 heavy (non-hydrogen) atoms. The van der Waals surface area contributed by atoms with Gasteiger partial charge in [-0.15, -0.1) is 0 Å². The quantitative estimate of drug-likeness (QED) is 0.602. The molecule has 6 N–H and O–H groups in total. The van der Waals surface area contributed by atoms with Gasteiger partial charge in [0.1, 0.15) is 18.8 Å². The van der Waals surface area contributed by atoms with Crippen LogP contribution in [0.2, 0.25) is 0 Å². The summed E-state index contributed by atoms with van der Waals surface area (Å²) in [5.74, 6) is 0. The molecule has 0 saturated heterocycles. The molecule has 1 rings (SSSR count). The lowest BCUT2D eigenvalue weighted by molar-refractivity contribution is -0.585. The molecular weight excluding hydrogens is 232 g/mol. The molecule has 1 aromatic carbocycles. The number of benzene rings is 1. The van der Waals surface area contributed by atoms with Crippen LogP contribution in [-0.2, 0) is 0 Å². The van der Waals surface area contributed by atoms with Crippen LogP contribution in [0.4, 0.5) is 5.69 Å². The smallest absolute Gasteiger partial charge is 0.152 e. The van der Waals surface area contributed by atoms with E-state index >= 15 is 0 Å². The third-order valence-corrected chi connectivity index (χ3v) is 2.57. The third-order valence-electron chi connectivity index (χ3n) is 1.85. The van der Waals surface area contributed by atoms with Crippen LogP contribution in [0.1, 0.15) is 0 Å². The number of aliphatic hydroxyl groups excluding tert-OH is 1. The number of para-hydroxylation sites is 1. The van der Waals surface area contributed by atoms with Crippen LogP contribution in [0.3, 0.4) is 0 Å². The van der Waals surface area contributed by atoms with Crippen molar-refractivity contribution in [2.45, 2.75) is 6.10 Å². The van der Waals surface area contributed by atoms with E-state index in [1.54, 1.807) is 0 Å². The number of halogens is 1. The monoisotopic (exact) mass is 246 g/mol. The Morgan fingerprint density at radius 3 is 2.77 bits per heavy atom. The summed E-state index contributed by atoms with van der Waals surface area (Å²) in [6, 6.07) is 7.95. The summed E-state index contributed by atoms with van der Waals surface area (Å²) < 4.78 is 1.06. The molecule has 3 nitrogen and oxygen atoms in total. The van der Waals surface area contributed by atoms with E-state index < -0.39 is 0 Å². The van der Waals surface area contributed by atoms with Crippen molar-refractivity contribution < 1.29 is 16.2 Å². The maximum Gasteiger partial charge on any atom is 0.152 e. The molecule has 0 heterocycles. The minimum Gasteiger partial charge on any atom is -0.382 e. The molecule has 0 fully saturated rings. The Kier molecular flexibility index (Phi) is 4.38. The second-order valence-electron chi connectivity index (χ2n) is 2.90. The van der Waals surface area contributed by atoms with E-state index in [0.29, 0.717) is 13.1 Å². The van der Waals surface area contributed by atoms with Crippen molar-refractivity contribution >= 4 is 21.6 Å². The number of nitrogens with two attached hydrogens (primary N) is 1. The van der Waals surface area contributed by atoms with E-state index in [2.05, 4.69) is 21.7 Å². The second kappa shape index (κ2) is 5.34. The molecule has 0 aliphatic heterocycles. The maximum atomic E-state index is 9.30. The first kappa shape index (κ1) is 10.7. The standard InChI is InChI=1S/C9H13BrN2O/c10-8-3-1-2-4-9(8)12-6-7(13)5-11/h1-4,7,12-13H,5-6,11H2/p+2. The van der Waals surface area contributed by atoms with Crippen LogP contribution < -0.4 is 11.1 Å². The first-order chi connectivity index (χ1) is 6.24. The van der Waals surface area contributed by atoms with Crippen LogP contribution in [0.25, 0.3) is 0 Å². The van der Waals surface area contributed by atoms with E-state index in [1.807, 2.05) is 29.6 Å². The van der Waals surface area contributed by atoms with Gasteiger partial charge in [-0.1, -0.05) is 12.1 Å². The molecule has 0 bridgehead atoms. The molecule has 0 aliphatic carbocycles. The van der Waals surface area contributed by atoms with Crippen molar-refractivity contribution in [3.8, 4) is 0 Å². The molecule has 1 unspecified atom stereocenters. The normalized spacial score (nSPS) is 12.8. The molecule has 72 valence electrons. The van der Waals surface area contributed by atoms with Gasteiger partial charge in [-0.2, -0.15) is 0 Å². The summed E-state index contributed by atoms with van der Waals surface area (Å²) >= 11 is 3.44. The first-order valence-corrected chi connectivity index (χ1v) is 5.08. The molecule has 0 saturated carbocycles. The number of hydrogen-bond acceptors (Lipinski definition) is 1. The molecule has 0 amide bonds. The van der Waals surface area contributed by atoms with E-state index in [9.17, 15) is 5.11 Å². The predicted molar refractivity (Wildman–Crippen MR) is 54.4 cm³/mol. The van der Waals surface area contributed by atoms with Gasteiger partial charge < -0.3 is 16.2 Å². The van der Waals surface area contributed by atoms with Crippen molar-refractivity contribution in [2.24, 2.45) is 0 Å². The van der Waals surface area contributed by atoms with Gasteiger partial charge in [0, 0.05) is 6.07 Å². The van der Waals surface area contributed by atoms with Gasteiger partial charge in [0.2, 0.25) is 0 Å². The van der Waals surface area contributed by atoms with Crippen LogP contribution in [0.5, 0.6) is 0 Å². The van der Waals surface area contributed by atoms with Gasteiger partial charge in [0.05, 0.1) is 4.47 Å². The number of rotatable bonds is 4. The lowest BCUT2D eigenvalue weighted by atomic mass is 10.3. The lowest BCUT2D eigenvalue weighted by Crippen LogP contribution is -2.82. The summed E-state index contributed by atoms with van der Waals surface area (Å²) in [6.45, 7) is 1.22. The Balaban J connectivity index is 2.50. The number of quaternary nitrogens is 2. The van der Waals surface area contributed by atoms with Crippen molar-refractivity contribution in [1.29, 1.82) is 0 Å². The minimum absolute atomic E-state index is 0.327. The van der Waals surface area contributed by atoms with Crippen molar-refractivity contribution in [3.63, 3.8) is 0 Å². The van der Waals surface area contributed by atoms with Gasteiger partial charge in [-0.25, -0.2) is 0 Å². The zero-order chi connectivity index (χ0) is 9.68. The highest BCUT2D eigenvalue weighted by atomic mass is 79.9. The van der Waals surface area contributed by atoms with E-state index in [4.69, 9.17) is 0 Å². The molecule has 0 aliphatic rings. The average Bonchev–Trinajstić information content (AvgIpc) is 2.16. The average molecular weight is 247 g/mol. The summed E-state index contributed by atoms with van der Waals surface area (Å²) in [7, 11) is 0. The zero-order valence-corrected chi connectivity index (χ0v) is 9.00. The molecule has 0 aromatic heterocycles. The van der Waals surface area contributed by atoms with Crippen LogP contribution in [0.15, 0.2) is 28.7 Å². The summed E-state index contributed by atoms with van der Waals surface area (Å²) in [5.41, 5.74) is 4.76. The van der Waals surface area contributed by atoms with Gasteiger partial charge in [-0.3, -0.25) is 0 Å². The Hall–Kier alpha value is -0.420. The second-order valence-corrected chi connectivity index (χ2v) is 3.76. The summed E-state index contributed by atoms with van der Waals surface area (Å²) in [4.78, 5) is 0. The first-order valence-electron chi connectivity index (χ1n) is 4.29. The third kappa shape index (κ3) is 3.44. The van der Waals surface area contributed by atoms with Gasteiger partial charge in [0.25, 0.3) is 0 Å². The highest BCUT2D eigenvalue weighted by molar-refractivity contribution is 9.10. The maximum absolute atomic E-state index is 9.30. The molecule has 0 spiro atoms. The Labute approximate surface area is 86.1 Å². The number of aliphatic hydroxyl groups is 1. The fourth-order valence-electron chi connectivity index (χ4n) is 1.02. The Bertz CT molecular complexity index is 268. The highest BCUT2D eigenvalue weighted by Gasteiger charge is 2.07. The predicted octanol–water partition coefficient (Wildman–Crippen LogP) is -0.753. The van der Waals surface area contributed by atoms with Gasteiger partial charge >= 0.3 is 0 Å². The summed E-state index contributed by atoms with van der Waals surface area (Å²) in [5, 5.41) is 11.3. The van der Waals surface area contributed by atoms with E-state index in [0.717, 1.165) is 10.2 Å². The van der Waals surface area contributed by atoms with E-state index in [-0.39, 0.29) is 6.10 Å². The summed E-state index contributed by atoms with van der Waals surface area (Å²) in [6.07, 6.45) is -0.327. The highest BCUT2D eigenvalue weighted by Crippen LogP contribution is 2.15. The SMILES string of the molecule is [NH3+]CC(O)C[NH2+]c1ccccc1Br. The molecule has 4 heteroatoms. The topological polar surface area (TPSA) is 64.5 Å². The van der Waals surface area contributed by atoms with Gasteiger partial charge in [0.15, 0.2) is 6.10 Å². The fourth-order valence-corrected chi connectivity index (χ4v) is 1.47. The Morgan fingerprint density at radius 2 is 2.15 bits per heavy atom.